The van der Waals surface area contributed by atoms with Crippen LogP contribution in [-0.2, 0) is 4.79 Å². The topological polar surface area (TPSA) is 55.6 Å². The summed E-state index contributed by atoms with van der Waals surface area (Å²) in [7, 11) is 0. The zero-order valence-corrected chi connectivity index (χ0v) is 11.6. The van der Waals surface area contributed by atoms with E-state index in [2.05, 4.69) is 0 Å². The van der Waals surface area contributed by atoms with Gasteiger partial charge in [-0.1, -0.05) is 0 Å². The van der Waals surface area contributed by atoms with E-state index >= 15 is 0 Å². The molecule has 1 aromatic carbocycles. The van der Waals surface area contributed by atoms with Crippen molar-refractivity contribution in [3.63, 3.8) is 0 Å². The number of nitrogens with zero attached hydrogens (tertiary/aromatic N) is 1. The van der Waals surface area contributed by atoms with E-state index in [1.54, 1.807) is 11.0 Å². The van der Waals surface area contributed by atoms with Crippen LogP contribution in [0.25, 0.3) is 0 Å². The number of benzene rings is 1. The van der Waals surface area contributed by atoms with Crippen LogP contribution < -0.4 is 15.4 Å². The summed E-state index contributed by atoms with van der Waals surface area (Å²) < 4.78 is 18.7. The summed E-state index contributed by atoms with van der Waals surface area (Å²) in [6, 6.07) is 4.23. The van der Waals surface area contributed by atoms with E-state index in [0.717, 1.165) is 0 Å². The molecule has 1 atom stereocenters. The third kappa shape index (κ3) is 3.58. The van der Waals surface area contributed by atoms with Crippen molar-refractivity contribution in [3.05, 3.63) is 24.0 Å². The van der Waals surface area contributed by atoms with Crippen molar-refractivity contribution in [1.82, 2.24) is 0 Å². The third-order valence-electron chi connectivity index (χ3n) is 2.88. The molecule has 0 saturated heterocycles. The highest BCUT2D eigenvalue weighted by Crippen LogP contribution is 2.34. The maximum atomic E-state index is 13.2. The van der Waals surface area contributed by atoms with Gasteiger partial charge in [-0.2, -0.15) is 0 Å². The highest BCUT2D eigenvalue weighted by Gasteiger charge is 2.27. The summed E-state index contributed by atoms with van der Waals surface area (Å²) in [5, 5.41) is 0. The van der Waals surface area contributed by atoms with E-state index in [-0.39, 0.29) is 30.2 Å². The van der Waals surface area contributed by atoms with E-state index in [1.165, 1.54) is 12.1 Å². The van der Waals surface area contributed by atoms with Gasteiger partial charge in [0.1, 0.15) is 17.7 Å². The van der Waals surface area contributed by atoms with Crippen molar-refractivity contribution in [2.24, 2.45) is 5.73 Å². The SMILES string of the molecule is CC1CN(C(=O)CCCN)c2ccc(F)cc2O1.Cl. The molecule has 2 rings (SSSR count). The number of nitrogens with two attached hydrogens (primary N) is 1. The fraction of sp³-hybridized carbons (Fsp3) is 0.462. The number of hydrogen-bond donors (Lipinski definition) is 1. The number of carbonyl (C=O) groups is 1. The smallest absolute Gasteiger partial charge is 0.227 e. The van der Waals surface area contributed by atoms with Gasteiger partial charge in [0, 0.05) is 12.5 Å². The second-order valence-corrected chi connectivity index (χ2v) is 4.44. The van der Waals surface area contributed by atoms with Crippen molar-refractivity contribution in [3.8, 4) is 5.75 Å². The zero-order chi connectivity index (χ0) is 13.1. The van der Waals surface area contributed by atoms with Crippen molar-refractivity contribution in [2.45, 2.75) is 25.9 Å². The van der Waals surface area contributed by atoms with Crippen LogP contribution in [0.5, 0.6) is 5.75 Å². The molecule has 1 aliphatic rings. The molecule has 0 aromatic heterocycles. The van der Waals surface area contributed by atoms with Gasteiger partial charge in [-0.25, -0.2) is 4.39 Å². The van der Waals surface area contributed by atoms with Gasteiger partial charge < -0.3 is 15.4 Å². The molecular formula is C13H18ClFN2O2. The lowest BCUT2D eigenvalue weighted by molar-refractivity contribution is -0.119. The van der Waals surface area contributed by atoms with Gasteiger partial charge in [-0.3, -0.25) is 4.79 Å². The zero-order valence-electron chi connectivity index (χ0n) is 10.8. The van der Waals surface area contributed by atoms with E-state index in [4.69, 9.17) is 10.5 Å². The van der Waals surface area contributed by atoms with Crippen LogP contribution in [0.2, 0.25) is 0 Å². The molecule has 6 heteroatoms. The molecular weight excluding hydrogens is 271 g/mol. The second-order valence-electron chi connectivity index (χ2n) is 4.44. The molecule has 0 spiro atoms. The van der Waals surface area contributed by atoms with Crippen molar-refractivity contribution in [2.75, 3.05) is 18.0 Å². The summed E-state index contributed by atoms with van der Waals surface area (Å²) in [6.45, 7) is 2.83. The highest BCUT2D eigenvalue weighted by molar-refractivity contribution is 5.95. The predicted molar refractivity (Wildman–Crippen MR) is 74.4 cm³/mol. The van der Waals surface area contributed by atoms with Crippen molar-refractivity contribution in [1.29, 1.82) is 0 Å². The highest BCUT2D eigenvalue weighted by atomic mass is 35.5. The molecule has 1 aliphatic heterocycles. The first-order valence-corrected chi connectivity index (χ1v) is 6.08. The summed E-state index contributed by atoms with van der Waals surface area (Å²) in [4.78, 5) is 13.7. The Hall–Kier alpha value is -1.33. The monoisotopic (exact) mass is 288 g/mol. The second kappa shape index (κ2) is 6.73. The Balaban J connectivity index is 0.00000180. The molecule has 2 N–H and O–H groups in total. The average molecular weight is 289 g/mol. The minimum atomic E-state index is -0.364. The lowest BCUT2D eigenvalue weighted by atomic mass is 10.1. The van der Waals surface area contributed by atoms with Crippen LogP contribution in [0.15, 0.2) is 18.2 Å². The summed E-state index contributed by atoms with van der Waals surface area (Å²) >= 11 is 0. The first-order valence-electron chi connectivity index (χ1n) is 6.08. The van der Waals surface area contributed by atoms with Gasteiger partial charge >= 0.3 is 0 Å². The largest absolute Gasteiger partial charge is 0.487 e. The van der Waals surface area contributed by atoms with Gasteiger partial charge in [0.15, 0.2) is 0 Å². The number of amides is 1. The molecule has 19 heavy (non-hydrogen) atoms. The molecule has 0 fully saturated rings. The maximum absolute atomic E-state index is 13.2. The Morgan fingerprint density at radius 3 is 3.00 bits per heavy atom. The van der Waals surface area contributed by atoms with Crippen molar-refractivity contribution < 1.29 is 13.9 Å². The van der Waals surface area contributed by atoms with E-state index in [0.29, 0.717) is 37.4 Å². The summed E-state index contributed by atoms with van der Waals surface area (Å²) in [5.74, 6) is 0.0653. The Morgan fingerprint density at radius 1 is 1.58 bits per heavy atom. The number of carbonyl (C=O) groups excluding carboxylic acids is 1. The van der Waals surface area contributed by atoms with E-state index in [9.17, 15) is 9.18 Å². The Kier molecular flexibility index (Phi) is 5.57. The first kappa shape index (κ1) is 15.7. The lowest BCUT2D eigenvalue weighted by Gasteiger charge is -2.33. The van der Waals surface area contributed by atoms with Gasteiger partial charge in [0.05, 0.1) is 12.2 Å². The third-order valence-corrected chi connectivity index (χ3v) is 2.88. The quantitative estimate of drug-likeness (QED) is 0.927. The van der Waals surface area contributed by atoms with Gasteiger partial charge in [-0.05, 0) is 32.0 Å². The van der Waals surface area contributed by atoms with Crippen LogP contribution >= 0.6 is 12.4 Å². The summed E-state index contributed by atoms with van der Waals surface area (Å²) in [5.41, 5.74) is 6.04. The van der Waals surface area contributed by atoms with Crippen LogP contribution in [0.4, 0.5) is 10.1 Å². The number of anilines is 1. The first-order chi connectivity index (χ1) is 8.61. The molecule has 0 bridgehead atoms. The van der Waals surface area contributed by atoms with Crippen LogP contribution in [-0.4, -0.2) is 25.1 Å². The van der Waals surface area contributed by atoms with E-state index < -0.39 is 0 Å². The average Bonchev–Trinajstić information content (AvgIpc) is 2.34. The van der Waals surface area contributed by atoms with Gasteiger partial charge in [0.2, 0.25) is 5.91 Å². The van der Waals surface area contributed by atoms with E-state index in [1.807, 2.05) is 6.92 Å². The standard InChI is InChI=1S/C13H17FN2O2.ClH/c1-9-8-16(13(17)3-2-6-15)11-5-4-10(14)7-12(11)18-9;/h4-5,7,9H,2-3,6,8,15H2,1H3;1H. The lowest BCUT2D eigenvalue weighted by Crippen LogP contribution is -2.42. The fourth-order valence-electron chi connectivity index (χ4n) is 2.04. The van der Waals surface area contributed by atoms with Gasteiger partial charge in [-0.15, -0.1) is 12.4 Å². The Bertz CT molecular complexity index is 456. The predicted octanol–water partition coefficient (Wildman–Crippen LogP) is 2.10. The number of ether oxygens (including phenoxy) is 1. The number of halogens is 2. The summed E-state index contributed by atoms with van der Waals surface area (Å²) in [6.07, 6.45) is 0.919. The Labute approximate surface area is 118 Å². The number of rotatable bonds is 3. The minimum absolute atomic E-state index is 0. The molecule has 1 amide bonds. The van der Waals surface area contributed by atoms with Gasteiger partial charge in [0.25, 0.3) is 0 Å². The molecule has 0 aliphatic carbocycles. The normalized spacial score (nSPS) is 17.2. The molecule has 0 radical (unpaired) electrons. The molecule has 106 valence electrons. The maximum Gasteiger partial charge on any atom is 0.227 e. The van der Waals surface area contributed by atoms with Crippen LogP contribution in [0.3, 0.4) is 0 Å². The van der Waals surface area contributed by atoms with Crippen LogP contribution in [0.1, 0.15) is 19.8 Å². The number of hydrogen-bond acceptors (Lipinski definition) is 3. The molecule has 1 aromatic rings. The molecule has 0 saturated carbocycles. The van der Waals surface area contributed by atoms with Crippen molar-refractivity contribution >= 4 is 24.0 Å². The molecule has 1 heterocycles. The Morgan fingerprint density at radius 2 is 2.32 bits per heavy atom. The molecule has 1 unspecified atom stereocenters. The minimum Gasteiger partial charge on any atom is -0.487 e. The number of fused-ring (bicyclic) bond motifs is 1. The molecule has 4 nitrogen and oxygen atoms in total. The fourth-order valence-corrected chi connectivity index (χ4v) is 2.04. The van der Waals surface area contributed by atoms with Crippen LogP contribution in [0, 0.1) is 5.82 Å².